The Balaban J connectivity index is 0.973. The molecule has 0 N–H and O–H groups in total. The summed E-state index contributed by atoms with van der Waals surface area (Å²) in [4.78, 5) is 65.0. The Hall–Kier alpha value is -8.53. The Morgan fingerprint density at radius 1 is 0.333 bits per heavy atom. The van der Waals surface area contributed by atoms with Crippen molar-refractivity contribution in [3.8, 4) is 63.2 Å². The van der Waals surface area contributed by atoms with Gasteiger partial charge < -0.3 is 52.1 Å². The standard InChI is InChI=1S/C53H50O16/c1-31(2)29-63-47-27-43(59-5)41(25-45(47)61-7)52(57)68-37-17-11-34(12-18-37)49(54)65-36-15-9-33(10-16-36)50(55)66-39-21-23-40(24-22-39)67-51(56)35-13-19-38(20-14-35)69-53(58)42-26-46(62-8)48(28-44(42)60-6)64-30-32(3)4/h9-28,31-32H,29-30H2,1-8H3. The Morgan fingerprint density at radius 3 is 0.826 bits per heavy atom. The molecule has 0 aliphatic rings. The molecule has 0 aromatic heterocycles. The van der Waals surface area contributed by atoms with Crippen molar-refractivity contribution >= 4 is 29.8 Å². The maximum Gasteiger partial charge on any atom is 0.347 e. The number of hydrogen-bond donors (Lipinski definition) is 0. The third kappa shape index (κ3) is 13.3. The van der Waals surface area contributed by atoms with Crippen molar-refractivity contribution in [1.29, 1.82) is 0 Å². The normalized spacial score (nSPS) is 10.7. The first-order chi connectivity index (χ1) is 33.2. The molecule has 6 aromatic carbocycles. The molecule has 16 nitrogen and oxygen atoms in total. The summed E-state index contributed by atoms with van der Waals surface area (Å²) in [6.07, 6.45) is 0. The molecule has 0 radical (unpaired) electrons. The van der Waals surface area contributed by atoms with Gasteiger partial charge in [0.15, 0.2) is 23.0 Å². The number of rotatable bonds is 20. The van der Waals surface area contributed by atoms with Crippen molar-refractivity contribution in [2.24, 2.45) is 11.8 Å². The van der Waals surface area contributed by atoms with Gasteiger partial charge in [0.2, 0.25) is 0 Å². The van der Waals surface area contributed by atoms with Crippen LogP contribution in [0.1, 0.15) is 79.5 Å². The van der Waals surface area contributed by atoms with E-state index >= 15 is 0 Å². The maximum absolute atomic E-state index is 13.1. The van der Waals surface area contributed by atoms with Gasteiger partial charge in [0, 0.05) is 24.3 Å². The highest BCUT2D eigenvalue weighted by molar-refractivity contribution is 5.97. The summed E-state index contributed by atoms with van der Waals surface area (Å²) in [5, 5.41) is 0. The lowest BCUT2D eigenvalue weighted by molar-refractivity contribution is 0.0715. The van der Waals surface area contributed by atoms with E-state index in [2.05, 4.69) is 0 Å². The highest BCUT2D eigenvalue weighted by atomic mass is 16.6. The van der Waals surface area contributed by atoms with Crippen molar-refractivity contribution in [1.82, 2.24) is 0 Å². The summed E-state index contributed by atoms with van der Waals surface area (Å²) in [5.74, 6) is -0.163. The molecule has 16 heteroatoms. The molecule has 0 aliphatic heterocycles. The Labute approximate surface area is 398 Å². The molecule has 0 spiro atoms. The number of carbonyl (C=O) groups is 5. The van der Waals surface area contributed by atoms with Crippen LogP contribution in [0.15, 0.2) is 121 Å². The van der Waals surface area contributed by atoms with E-state index in [0.717, 1.165) is 0 Å². The van der Waals surface area contributed by atoms with E-state index in [9.17, 15) is 24.0 Å². The van der Waals surface area contributed by atoms with Gasteiger partial charge in [0.25, 0.3) is 0 Å². The first-order valence-corrected chi connectivity index (χ1v) is 21.5. The smallest absolute Gasteiger partial charge is 0.347 e. The van der Waals surface area contributed by atoms with Gasteiger partial charge in [0.1, 0.15) is 51.4 Å². The van der Waals surface area contributed by atoms with Crippen molar-refractivity contribution in [3.05, 3.63) is 149 Å². The zero-order valence-electron chi connectivity index (χ0n) is 39.1. The molecule has 358 valence electrons. The third-order valence-corrected chi connectivity index (χ3v) is 9.70. The monoisotopic (exact) mass is 942 g/mol. The average Bonchev–Trinajstić information content (AvgIpc) is 3.35. The summed E-state index contributed by atoms with van der Waals surface area (Å²) in [6, 6.07) is 29.1. The van der Waals surface area contributed by atoms with Crippen LogP contribution in [0.5, 0.6) is 63.2 Å². The lowest BCUT2D eigenvalue weighted by atomic mass is 10.1. The predicted molar refractivity (Wildman–Crippen MR) is 250 cm³/mol. The van der Waals surface area contributed by atoms with Gasteiger partial charge >= 0.3 is 29.8 Å². The Kier molecular flexibility index (Phi) is 16.8. The van der Waals surface area contributed by atoms with Crippen molar-refractivity contribution in [2.75, 3.05) is 41.7 Å². The van der Waals surface area contributed by atoms with E-state index in [4.69, 9.17) is 52.1 Å². The second-order valence-corrected chi connectivity index (χ2v) is 15.8. The lowest BCUT2D eigenvalue weighted by Crippen LogP contribution is -2.12. The highest BCUT2D eigenvalue weighted by Crippen LogP contribution is 2.37. The number of hydrogen-bond acceptors (Lipinski definition) is 16. The van der Waals surface area contributed by atoms with Crippen molar-refractivity contribution < 1.29 is 76.1 Å². The van der Waals surface area contributed by atoms with E-state index in [1.807, 2.05) is 27.7 Å². The van der Waals surface area contributed by atoms with Crippen LogP contribution in [0.3, 0.4) is 0 Å². The summed E-state index contributed by atoms with van der Waals surface area (Å²) in [5.41, 5.74) is 0.738. The van der Waals surface area contributed by atoms with E-state index in [1.165, 1.54) is 138 Å². The van der Waals surface area contributed by atoms with Crippen LogP contribution in [0.4, 0.5) is 0 Å². The molecule has 6 aromatic rings. The van der Waals surface area contributed by atoms with Crippen LogP contribution in [0.2, 0.25) is 0 Å². The van der Waals surface area contributed by atoms with E-state index in [-0.39, 0.29) is 79.9 Å². The van der Waals surface area contributed by atoms with Gasteiger partial charge in [-0.3, -0.25) is 0 Å². The summed E-state index contributed by atoms with van der Waals surface area (Å²) < 4.78 is 60.8. The Morgan fingerprint density at radius 2 is 0.580 bits per heavy atom. The first-order valence-electron chi connectivity index (χ1n) is 21.5. The number of methoxy groups -OCH3 is 4. The average molecular weight is 943 g/mol. The molecular formula is C53H50O16. The minimum absolute atomic E-state index is 0.110. The molecule has 0 aliphatic carbocycles. The molecule has 0 atom stereocenters. The molecule has 0 heterocycles. The summed E-state index contributed by atoms with van der Waals surface area (Å²) in [6.45, 7) is 8.90. The molecule has 0 bridgehead atoms. The van der Waals surface area contributed by atoms with Crippen LogP contribution in [-0.4, -0.2) is 71.5 Å². The lowest BCUT2D eigenvalue weighted by Gasteiger charge is -2.16. The highest BCUT2D eigenvalue weighted by Gasteiger charge is 2.23. The zero-order chi connectivity index (χ0) is 49.6. The van der Waals surface area contributed by atoms with Crippen LogP contribution < -0.4 is 52.1 Å². The van der Waals surface area contributed by atoms with Crippen LogP contribution in [0.25, 0.3) is 0 Å². The number of ether oxygens (including phenoxy) is 11. The van der Waals surface area contributed by atoms with Crippen molar-refractivity contribution in [2.45, 2.75) is 27.7 Å². The minimum atomic E-state index is -0.716. The van der Waals surface area contributed by atoms with E-state index < -0.39 is 29.8 Å². The van der Waals surface area contributed by atoms with Gasteiger partial charge in [-0.05, 0) is 109 Å². The zero-order valence-corrected chi connectivity index (χ0v) is 39.1. The second-order valence-electron chi connectivity index (χ2n) is 15.8. The quantitative estimate of drug-likeness (QED) is 0.0519. The van der Waals surface area contributed by atoms with E-state index in [1.54, 1.807) is 12.1 Å². The van der Waals surface area contributed by atoms with Crippen LogP contribution in [0, 0.1) is 11.8 Å². The molecule has 0 fully saturated rings. The largest absolute Gasteiger partial charge is 0.496 e. The molecule has 69 heavy (non-hydrogen) atoms. The molecule has 0 saturated carbocycles. The fraction of sp³-hybridized carbons (Fsp3) is 0.226. The third-order valence-electron chi connectivity index (χ3n) is 9.70. The number of benzene rings is 6. The summed E-state index contributed by atoms with van der Waals surface area (Å²) in [7, 11) is 5.77. The first kappa shape index (κ1) is 49.9. The SMILES string of the molecule is COc1cc(C(=O)Oc2ccc(C(=O)Oc3ccc(OC(=O)c4ccc(OC(=O)c5ccc(OC(=O)c6cc(OC)c(OCC(C)C)cc6OC)cc5)cc4)cc3)cc2)c(OC)cc1OCC(C)C. The van der Waals surface area contributed by atoms with Gasteiger partial charge in [-0.2, -0.15) is 0 Å². The van der Waals surface area contributed by atoms with Crippen LogP contribution >= 0.6 is 0 Å². The number of esters is 5. The Bertz CT molecular complexity index is 2760. The second kappa shape index (κ2) is 23.3. The maximum atomic E-state index is 13.1. The topological polar surface area (TPSA) is 187 Å². The van der Waals surface area contributed by atoms with Gasteiger partial charge in [-0.1, -0.05) is 27.7 Å². The molecule has 0 saturated heterocycles. The molecule has 0 amide bonds. The molecule has 6 rings (SSSR count). The summed E-state index contributed by atoms with van der Waals surface area (Å²) >= 11 is 0. The van der Waals surface area contributed by atoms with Gasteiger partial charge in [-0.15, -0.1) is 0 Å². The fourth-order valence-electron chi connectivity index (χ4n) is 6.17. The van der Waals surface area contributed by atoms with Crippen LogP contribution in [-0.2, 0) is 0 Å². The van der Waals surface area contributed by atoms with Gasteiger partial charge in [-0.25, -0.2) is 24.0 Å². The fourth-order valence-corrected chi connectivity index (χ4v) is 6.17. The van der Waals surface area contributed by atoms with Crippen molar-refractivity contribution in [3.63, 3.8) is 0 Å². The molecule has 0 unspecified atom stereocenters. The van der Waals surface area contributed by atoms with E-state index in [0.29, 0.717) is 36.2 Å². The minimum Gasteiger partial charge on any atom is -0.496 e. The molecular weight excluding hydrogens is 893 g/mol. The number of carbonyl (C=O) groups excluding carboxylic acids is 5. The van der Waals surface area contributed by atoms with Gasteiger partial charge in [0.05, 0.1) is 58.3 Å². The predicted octanol–water partition coefficient (Wildman–Crippen LogP) is 9.89.